The van der Waals surface area contributed by atoms with Gasteiger partial charge in [0.15, 0.2) is 0 Å². The molecule has 0 N–H and O–H groups in total. The van der Waals surface area contributed by atoms with Gasteiger partial charge in [-0.2, -0.15) is 0 Å². The fourth-order valence-electron chi connectivity index (χ4n) is 6.24. The Hall–Kier alpha value is -3.33. The molecule has 0 saturated heterocycles. The van der Waals surface area contributed by atoms with Gasteiger partial charge >= 0.3 is 0 Å². The number of hydrogen-bond donors (Lipinski definition) is 0. The highest BCUT2D eigenvalue weighted by atomic mass is 32.2. The third-order valence-electron chi connectivity index (χ3n) is 7.59. The van der Waals surface area contributed by atoms with Crippen LogP contribution in [0.1, 0.15) is 27.8 Å². The molecule has 0 amide bonds. The van der Waals surface area contributed by atoms with Crippen molar-refractivity contribution < 1.29 is 0 Å². The van der Waals surface area contributed by atoms with Crippen molar-refractivity contribution in [3.05, 3.63) is 131 Å². The highest BCUT2D eigenvalue weighted by Crippen LogP contribution is 2.62. The van der Waals surface area contributed by atoms with Crippen molar-refractivity contribution in [3.8, 4) is 11.1 Å². The fraction of sp³-hybridized carbons (Fsp3) is 0.0625. The Kier molecular flexibility index (Phi) is 3.71. The van der Waals surface area contributed by atoms with Gasteiger partial charge in [0.1, 0.15) is 0 Å². The van der Waals surface area contributed by atoms with E-state index in [0.717, 1.165) is 0 Å². The van der Waals surface area contributed by atoms with Crippen molar-refractivity contribution in [1.29, 1.82) is 0 Å². The smallest absolute Gasteiger partial charge is 0.0735 e. The molecule has 2 aliphatic rings. The van der Waals surface area contributed by atoms with E-state index in [2.05, 4.69) is 110 Å². The summed E-state index contributed by atoms with van der Waals surface area (Å²) in [4.78, 5) is 2.73. The molecule has 1 spiro atoms. The van der Waals surface area contributed by atoms with Crippen LogP contribution in [-0.2, 0) is 5.41 Å². The number of hydrogen-bond acceptors (Lipinski definition) is 2. The minimum Gasteiger partial charge on any atom is -0.135 e. The first-order chi connectivity index (χ1) is 16.7. The van der Waals surface area contributed by atoms with E-state index in [9.17, 15) is 0 Å². The Labute approximate surface area is 206 Å². The summed E-state index contributed by atoms with van der Waals surface area (Å²) in [7, 11) is 0. The molecule has 0 bridgehead atoms. The average Bonchev–Trinajstić information content (AvgIpc) is 3.37. The molecule has 6 aromatic rings. The molecule has 1 aromatic heterocycles. The zero-order valence-corrected chi connectivity index (χ0v) is 20.3. The van der Waals surface area contributed by atoms with Gasteiger partial charge in [0.25, 0.3) is 0 Å². The second kappa shape index (κ2) is 6.63. The molecule has 0 fully saturated rings. The first-order valence-corrected chi connectivity index (χ1v) is 13.3. The van der Waals surface area contributed by atoms with Crippen molar-refractivity contribution in [2.75, 3.05) is 0 Å². The lowest BCUT2D eigenvalue weighted by Gasteiger charge is -2.39. The summed E-state index contributed by atoms with van der Waals surface area (Å²) in [6.45, 7) is 2.19. The van der Waals surface area contributed by atoms with Crippen molar-refractivity contribution in [2.24, 2.45) is 0 Å². The molecule has 160 valence electrons. The Balaban J connectivity index is 1.57. The quantitative estimate of drug-likeness (QED) is 0.214. The van der Waals surface area contributed by atoms with Crippen molar-refractivity contribution in [3.63, 3.8) is 0 Å². The predicted octanol–water partition coefficient (Wildman–Crippen LogP) is 9.19. The van der Waals surface area contributed by atoms with E-state index in [0.29, 0.717) is 0 Å². The third kappa shape index (κ3) is 2.25. The van der Waals surface area contributed by atoms with E-state index in [1.54, 1.807) is 0 Å². The van der Waals surface area contributed by atoms with Gasteiger partial charge in [-0.3, -0.25) is 0 Å². The summed E-state index contributed by atoms with van der Waals surface area (Å²) in [6, 6.07) is 38.9. The molecule has 1 aliphatic carbocycles. The largest absolute Gasteiger partial charge is 0.135 e. The molecular weight excluding hydrogens is 448 g/mol. The molecule has 0 atom stereocenters. The van der Waals surface area contributed by atoms with Crippen LogP contribution in [-0.4, -0.2) is 0 Å². The highest BCUT2D eigenvalue weighted by molar-refractivity contribution is 7.99. The van der Waals surface area contributed by atoms with Crippen molar-refractivity contribution in [2.45, 2.75) is 22.1 Å². The standard InChI is InChI=1S/C32H20S2/c1-19-14-15-28-22(16-19)23-17-31-27(18-30(23)33-28)32(26-12-6-7-13-29(26)34-31)24-10-4-2-8-20(24)21-9-3-5-11-25(21)32/h2-18H,1H3. The zero-order chi connectivity index (χ0) is 22.4. The van der Waals surface area contributed by atoms with Crippen LogP contribution in [0.3, 0.4) is 0 Å². The highest BCUT2D eigenvalue weighted by Gasteiger charge is 2.50. The maximum absolute atomic E-state index is 2.51. The summed E-state index contributed by atoms with van der Waals surface area (Å²) < 4.78 is 2.74. The van der Waals surface area contributed by atoms with Gasteiger partial charge in [-0.15, -0.1) is 11.3 Å². The molecule has 5 aromatic carbocycles. The van der Waals surface area contributed by atoms with E-state index in [1.165, 1.54) is 68.9 Å². The molecule has 8 rings (SSSR count). The third-order valence-corrected chi connectivity index (χ3v) is 9.86. The summed E-state index contributed by atoms with van der Waals surface area (Å²) in [6.07, 6.45) is 0. The minimum absolute atomic E-state index is 0.287. The Morgan fingerprint density at radius 1 is 0.529 bits per heavy atom. The van der Waals surface area contributed by atoms with Gasteiger partial charge in [0, 0.05) is 30.0 Å². The molecule has 2 heteroatoms. The lowest BCUT2D eigenvalue weighted by molar-refractivity contribution is 0.724. The van der Waals surface area contributed by atoms with E-state index < -0.39 is 0 Å². The van der Waals surface area contributed by atoms with Gasteiger partial charge in [-0.25, -0.2) is 0 Å². The monoisotopic (exact) mass is 468 g/mol. The zero-order valence-electron chi connectivity index (χ0n) is 18.6. The lowest BCUT2D eigenvalue weighted by atomic mass is 9.67. The minimum atomic E-state index is -0.287. The Morgan fingerprint density at radius 3 is 1.94 bits per heavy atom. The van der Waals surface area contributed by atoms with Crippen LogP contribution >= 0.6 is 23.1 Å². The van der Waals surface area contributed by atoms with Crippen LogP contribution in [0.4, 0.5) is 0 Å². The first-order valence-electron chi connectivity index (χ1n) is 11.7. The molecule has 0 saturated carbocycles. The topological polar surface area (TPSA) is 0 Å². The molecule has 34 heavy (non-hydrogen) atoms. The lowest BCUT2D eigenvalue weighted by Crippen LogP contribution is -2.31. The van der Waals surface area contributed by atoms with Gasteiger partial charge < -0.3 is 0 Å². The fourth-order valence-corrected chi connectivity index (χ4v) is 8.56. The molecule has 0 unspecified atom stereocenters. The van der Waals surface area contributed by atoms with Crippen molar-refractivity contribution in [1.82, 2.24) is 0 Å². The van der Waals surface area contributed by atoms with Crippen LogP contribution in [0.15, 0.2) is 113 Å². The number of fused-ring (bicyclic) bond motifs is 12. The maximum Gasteiger partial charge on any atom is 0.0735 e. The Bertz CT molecular complexity index is 1760. The van der Waals surface area contributed by atoms with Crippen molar-refractivity contribution >= 4 is 43.3 Å². The van der Waals surface area contributed by atoms with E-state index in [4.69, 9.17) is 0 Å². The predicted molar refractivity (Wildman–Crippen MR) is 145 cm³/mol. The molecule has 2 heterocycles. The van der Waals surface area contributed by atoms with Gasteiger partial charge in [0.2, 0.25) is 0 Å². The summed E-state index contributed by atoms with van der Waals surface area (Å²) in [5, 5.41) is 2.76. The van der Waals surface area contributed by atoms with Crippen LogP contribution in [0.2, 0.25) is 0 Å². The van der Waals surface area contributed by atoms with Crippen LogP contribution < -0.4 is 0 Å². The SMILES string of the molecule is Cc1ccc2sc3cc4c(cc3c2c1)Sc1ccccc1C41c2ccccc2-c2ccccc21. The van der Waals surface area contributed by atoms with Crippen LogP contribution in [0, 0.1) is 6.92 Å². The number of rotatable bonds is 0. The number of aryl methyl sites for hydroxylation is 1. The van der Waals surface area contributed by atoms with E-state index >= 15 is 0 Å². The molecule has 0 radical (unpaired) electrons. The number of thiophene rings is 1. The van der Waals surface area contributed by atoms with Gasteiger partial charge in [-0.1, -0.05) is 90.1 Å². The van der Waals surface area contributed by atoms with Gasteiger partial charge in [0.05, 0.1) is 5.41 Å². The summed E-state index contributed by atoms with van der Waals surface area (Å²) in [5.74, 6) is 0. The normalized spacial score (nSPS) is 14.7. The molecular formula is C32H20S2. The van der Waals surface area contributed by atoms with E-state index in [1.807, 2.05) is 23.1 Å². The second-order valence-corrected chi connectivity index (χ2v) is 11.6. The van der Waals surface area contributed by atoms with E-state index in [-0.39, 0.29) is 5.41 Å². The average molecular weight is 469 g/mol. The summed E-state index contributed by atoms with van der Waals surface area (Å²) >= 11 is 3.85. The second-order valence-electron chi connectivity index (χ2n) is 9.39. The summed E-state index contributed by atoms with van der Waals surface area (Å²) in [5.41, 5.74) is 9.38. The first kappa shape index (κ1) is 19.0. The molecule has 1 aliphatic heterocycles. The van der Waals surface area contributed by atoms with Crippen LogP contribution in [0.25, 0.3) is 31.3 Å². The van der Waals surface area contributed by atoms with Gasteiger partial charge in [-0.05, 0) is 70.6 Å². The van der Waals surface area contributed by atoms with Crippen LogP contribution in [0.5, 0.6) is 0 Å². The Morgan fingerprint density at radius 2 is 1.18 bits per heavy atom. The number of benzene rings is 5. The molecule has 0 nitrogen and oxygen atoms in total. The maximum atomic E-state index is 2.51.